The van der Waals surface area contributed by atoms with Gasteiger partial charge >= 0.3 is 0 Å². The molecule has 4 atom stereocenters. The van der Waals surface area contributed by atoms with E-state index in [1.54, 1.807) is 12.3 Å². The Bertz CT molecular complexity index is 1770. The Labute approximate surface area is 327 Å². The molecule has 8 nitrogen and oxygen atoms in total. The summed E-state index contributed by atoms with van der Waals surface area (Å²) in [5.41, 5.74) is 1.09. The van der Waals surface area contributed by atoms with Crippen molar-refractivity contribution >= 4 is 28.2 Å². The highest BCUT2D eigenvalue weighted by Gasteiger charge is 2.55. The van der Waals surface area contributed by atoms with Crippen LogP contribution in [0.3, 0.4) is 0 Å². The van der Waals surface area contributed by atoms with Gasteiger partial charge in [0, 0.05) is 18.2 Å². The van der Waals surface area contributed by atoms with Crippen LogP contribution in [0.1, 0.15) is 118 Å². The molecule has 1 amide bonds. The third kappa shape index (κ3) is 8.94. The van der Waals surface area contributed by atoms with Crippen molar-refractivity contribution in [2.24, 2.45) is 0 Å². The van der Waals surface area contributed by atoms with Crippen LogP contribution in [0.4, 0.5) is 18.9 Å². The van der Waals surface area contributed by atoms with Gasteiger partial charge in [-0.15, -0.1) is 0 Å². The molecule has 0 radical (unpaired) electrons. The maximum atomic E-state index is 14.9. The number of pyridine rings is 2. The first kappa shape index (κ1) is 44.3. The SMILES string of the molecule is CC(C)[Si](O[C@@H]1[C@@H](CC#N)O[C@@H](c2ccncc2NC(=O)c2ccc(F)c(-c3c(F)cccc3F)n2)C[C@H]1O[Si](C(C)C)(C(C)C)C(C)C)(C(C)C)C(C)C. The number of hydrogen-bond donors (Lipinski definition) is 1. The van der Waals surface area contributed by atoms with Crippen molar-refractivity contribution < 1.29 is 31.6 Å². The lowest BCUT2D eigenvalue weighted by Gasteiger charge is -2.53. The summed E-state index contributed by atoms with van der Waals surface area (Å²) < 4.78 is 66.2. The zero-order valence-corrected chi connectivity index (χ0v) is 36.4. The topological polar surface area (TPSA) is 106 Å². The first-order valence-electron chi connectivity index (χ1n) is 19.6. The van der Waals surface area contributed by atoms with Crippen LogP contribution < -0.4 is 5.32 Å². The van der Waals surface area contributed by atoms with Gasteiger partial charge < -0.3 is 18.9 Å². The van der Waals surface area contributed by atoms with Crippen LogP contribution >= 0.6 is 0 Å². The number of anilines is 1. The molecule has 0 spiro atoms. The fraction of sp³-hybridized carbons (Fsp3) is 0.571. The minimum absolute atomic E-state index is 0.0705. The third-order valence-corrected chi connectivity index (χ3v) is 23.9. The molecule has 55 heavy (non-hydrogen) atoms. The summed E-state index contributed by atoms with van der Waals surface area (Å²) in [6, 6.07) is 9.38. The molecule has 1 N–H and O–H groups in total. The van der Waals surface area contributed by atoms with Gasteiger partial charge in [0.25, 0.3) is 5.91 Å². The Balaban J connectivity index is 1.81. The van der Waals surface area contributed by atoms with Crippen LogP contribution in [-0.4, -0.2) is 50.8 Å². The van der Waals surface area contributed by atoms with E-state index in [9.17, 15) is 23.2 Å². The smallest absolute Gasteiger partial charge is 0.274 e. The second-order valence-electron chi connectivity index (χ2n) is 16.7. The Morgan fingerprint density at radius 2 is 1.38 bits per heavy atom. The summed E-state index contributed by atoms with van der Waals surface area (Å²) >= 11 is 0. The number of carbonyl (C=O) groups excluding carboxylic acids is 1. The van der Waals surface area contributed by atoms with Crippen LogP contribution in [0.5, 0.6) is 0 Å². The lowest BCUT2D eigenvalue weighted by atomic mass is 9.92. The second kappa shape index (κ2) is 18.2. The number of amides is 1. The summed E-state index contributed by atoms with van der Waals surface area (Å²) in [6.45, 7) is 26.9. The van der Waals surface area contributed by atoms with E-state index in [1.165, 1.54) is 12.3 Å². The molecule has 0 aliphatic carbocycles. The maximum absolute atomic E-state index is 14.9. The van der Waals surface area contributed by atoms with Crippen molar-refractivity contribution in [3.05, 3.63) is 77.5 Å². The summed E-state index contributed by atoms with van der Waals surface area (Å²) in [5.74, 6) is -3.73. The molecule has 1 fully saturated rings. The summed E-state index contributed by atoms with van der Waals surface area (Å²) in [4.78, 5) is 22.0. The Morgan fingerprint density at radius 3 is 1.91 bits per heavy atom. The molecule has 2 aromatic heterocycles. The molecule has 0 bridgehead atoms. The predicted molar refractivity (Wildman–Crippen MR) is 216 cm³/mol. The monoisotopic (exact) mass is 796 g/mol. The van der Waals surface area contributed by atoms with Gasteiger partial charge in [0.05, 0.1) is 54.4 Å². The van der Waals surface area contributed by atoms with Crippen LogP contribution in [0, 0.1) is 28.8 Å². The molecule has 1 aliphatic rings. The highest BCUT2D eigenvalue weighted by molar-refractivity contribution is 6.78. The number of nitrogens with zero attached hydrogens (tertiary/aromatic N) is 3. The number of hydrogen-bond acceptors (Lipinski definition) is 7. The van der Waals surface area contributed by atoms with Crippen LogP contribution in [0.25, 0.3) is 11.3 Å². The zero-order valence-electron chi connectivity index (χ0n) is 34.4. The molecule has 300 valence electrons. The molecular weight excluding hydrogens is 738 g/mol. The number of aromatic nitrogens is 2. The van der Waals surface area contributed by atoms with Gasteiger partial charge in [0.15, 0.2) is 0 Å². The van der Waals surface area contributed by atoms with Crippen LogP contribution in [-0.2, 0) is 13.6 Å². The first-order valence-corrected chi connectivity index (χ1v) is 23.8. The van der Waals surface area contributed by atoms with E-state index < -0.39 is 75.7 Å². The van der Waals surface area contributed by atoms with Crippen molar-refractivity contribution in [1.29, 1.82) is 5.26 Å². The van der Waals surface area contributed by atoms with E-state index in [1.807, 2.05) is 0 Å². The third-order valence-electron chi connectivity index (χ3n) is 11.6. The molecule has 3 heterocycles. The molecule has 4 rings (SSSR count). The highest BCUT2D eigenvalue weighted by Crippen LogP contribution is 2.50. The highest BCUT2D eigenvalue weighted by atomic mass is 28.4. The van der Waals surface area contributed by atoms with Crippen molar-refractivity contribution in [2.75, 3.05) is 5.32 Å². The van der Waals surface area contributed by atoms with Crippen molar-refractivity contribution in [2.45, 2.75) is 154 Å². The molecular formula is C42H59F3N4O4Si2. The standard InChI is InChI=1S/C42H59F3N4O4Si2/c1-24(2)54(25(3)4,26(5)6)52-38-22-37(51-36(18-20-46)41(38)53-55(27(7)8,28(9)10)29(11)12)30-19-21-47-23-35(30)49-42(50)34-17-16-33(45)40(48-34)39-31(43)14-13-15-32(39)44/h13-17,19,21,23-29,36-38,41H,18,22H2,1-12H3,(H,49,50)/t36-,37-,38-,41-/m1/s1. The summed E-state index contributed by atoms with van der Waals surface area (Å²) in [6.07, 6.45) is 1.36. The molecule has 3 aromatic rings. The number of halogens is 3. The molecule has 0 saturated carbocycles. The van der Waals surface area contributed by atoms with Gasteiger partial charge in [-0.3, -0.25) is 9.78 Å². The minimum atomic E-state index is -2.50. The van der Waals surface area contributed by atoms with E-state index in [-0.39, 0.29) is 45.4 Å². The average molecular weight is 797 g/mol. The largest absolute Gasteiger partial charge is 0.410 e. The Morgan fingerprint density at radius 1 is 0.836 bits per heavy atom. The number of benzene rings is 1. The molecule has 1 saturated heterocycles. The number of carbonyl (C=O) groups is 1. The van der Waals surface area contributed by atoms with Gasteiger partial charge in [0.1, 0.15) is 28.8 Å². The van der Waals surface area contributed by atoms with E-state index in [0.29, 0.717) is 17.7 Å². The van der Waals surface area contributed by atoms with Crippen LogP contribution in [0.15, 0.2) is 48.8 Å². The van der Waals surface area contributed by atoms with Crippen molar-refractivity contribution in [1.82, 2.24) is 9.97 Å². The molecule has 0 unspecified atom stereocenters. The predicted octanol–water partition coefficient (Wildman–Crippen LogP) is 11.7. The number of ether oxygens (including phenoxy) is 1. The van der Waals surface area contributed by atoms with E-state index in [2.05, 4.69) is 104 Å². The van der Waals surface area contributed by atoms with E-state index in [4.69, 9.17) is 13.6 Å². The van der Waals surface area contributed by atoms with Gasteiger partial charge in [-0.25, -0.2) is 18.2 Å². The normalized spacial score (nSPS) is 19.6. The first-order chi connectivity index (χ1) is 25.8. The van der Waals surface area contributed by atoms with Gasteiger partial charge in [-0.2, -0.15) is 5.26 Å². The second-order valence-corrected chi connectivity index (χ2v) is 27.5. The fourth-order valence-corrected chi connectivity index (χ4v) is 20.6. The zero-order chi connectivity index (χ0) is 41.0. The molecule has 1 aromatic carbocycles. The van der Waals surface area contributed by atoms with E-state index >= 15 is 0 Å². The van der Waals surface area contributed by atoms with Gasteiger partial charge in [0.2, 0.25) is 16.6 Å². The Kier molecular flexibility index (Phi) is 14.7. The van der Waals surface area contributed by atoms with Gasteiger partial charge in [-0.05, 0) is 63.6 Å². The molecule has 13 heteroatoms. The minimum Gasteiger partial charge on any atom is -0.410 e. The number of nitrogens with one attached hydrogen (secondary N) is 1. The van der Waals surface area contributed by atoms with E-state index in [0.717, 1.165) is 24.3 Å². The van der Waals surface area contributed by atoms with Crippen molar-refractivity contribution in [3.8, 4) is 17.3 Å². The Hall–Kier alpha value is -3.42. The molecule has 1 aliphatic heterocycles. The summed E-state index contributed by atoms with van der Waals surface area (Å²) in [5, 5.41) is 13.0. The number of nitriles is 1. The average Bonchev–Trinajstić information content (AvgIpc) is 3.10. The van der Waals surface area contributed by atoms with Crippen LogP contribution in [0.2, 0.25) is 33.2 Å². The van der Waals surface area contributed by atoms with Crippen molar-refractivity contribution in [3.63, 3.8) is 0 Å². The fourth-order valence-electron chi connectivity index (χ4n) is 9.41. The number of rotatable bonds is 15. The quantitative estimate of drug-likeness (QED) is 0.153. The maximum Gasteiger partial charge on any atom is 0.274 e. The lowest BCUT2D eigenvalue weighted by Crippen LogP contribution is -2.61. The lowest BCUT2D eigenvalue weighted by molar-refractivity contribution is -0.160. The summed E-state index contributed by atoms with van der Waals surface area (Å²) in [7, 11) is -5.00. The van der Waals surface area contributed by atoms with Gasteiger partial charge in [-0.1, -0.05) is 89.2 Å².